The largest absolute Gasteiger partial charge is 0.496 e. The number of fused-ring (bicyclic) bond motifs is 1. The van der Waals surface area contributed by atoms with E-state index in [1.807, 2.05) is 55.5 Å². The van der Waals surface area contributed by atoms with Gasteiger partial charge in [0.1, 0.15) is 5.75 Å². The van der Waals surface area contributed by atoms with Gasteiger partial charge in [-0.3, -0.25) is 5.41 Å². The first-order valence-corrected chi connectivity index (χ1v) is 7.13. The molecule has 0 spiro atoms. The van der Waals surface area contributed by atoms with Crippen LogP contribution < -0.4 is 10.5 Å². The number of hydrogen-bond donors (Lipinski definition) is 2. The average molecular weight is 290 g/mol. The molecule has 3 nitrogen and oxygen atoms in total. The molecule has 0 unspecified atom stereocenters. The van der Waals surface area contributed by atoms with Gasteiger partial charge in [0.25, 0.3) is 0 Å². The number of nitrogens with two attached hydrogens (primary N) is 1. The maximum absolute atomic E-state index is 8.57. The SMILES string of the molecule is COc1c(C)ccc(N)c1C(=N)c1ccc2ccccc2c1. The van der Waals surface area contributed by atoms with Gasteiger partial charge in [-0.1, -0.05) is 42.5 Å². The van der Waals surface area contributed by atoms with Crippen molar-refractivity contribution in [3.63, 3.8) is 0 Å². The van der Waals surface area contributed by atoms with E-state index in [1.165, 1.54) is 0 Å². The summed E-state index contributed by atoms with van der Waals surface area (Å²) in [5, 5.41) is 10.8. The minimum Gasteiger partial charge on any atom is -0.496 e. The number of hydrogen-bond acceptors (Lipinski definition) is 3. The van der Waals surface area contributed by atoms with Crippen molar-refractivity contribution in [2.24, 2.45) is 0 Å². The molecule has 3 aromatic rings. The number of aryl methyl sites for hydroxylation is 1. The van der Waals surface area contributed by atoms with Crippen molar-refractivity contribution in [3.05, 3.63) is 71.3 Å². The smallest absolute Gasteiger partial charge is 0.133 e. The minimum atomic E-state index is 0.379. The van der Waals surface area contributed by atoms with Gasteiger partial charge in [-0.15, -0.1) is 0 Å². The first-order valence-electron chi connectivity index (χ1n) is 7.13. The molecule has 0 bridgehead atoms. The van der Waals surface area contributed by atoms with Crippen LogP contribution in [0, 0.1) is 12.3 Å². The monoisotopic (exact) mass is 290 g/mol. The highest BCUT2D eigenvalue weighted by atomic mass is 16.5. The number of benzene rings is 3. The minimum absolute atomic E-state index is 0.379. The molecule has 0 atom stereocenters. The maximum atomic E-state index is 8.57. The Morgan fingerprint density at radius 1 is 1.00 bits per heavy atom. The predicted octanol–water partition coefficient (Wildman–Crippen LogP) is 4.16. The van der Waals surface area contributed by atoms with Crippen LogP contribution >= 0.6 is 0 Å². The Morgan fingerprint density at radius 3 is 2.45 bits per heavy atom. The Hall–Kier alpha value is -2.81. The number of anilines is 1. The van der Waals surface area contributed by atoms with E-state index in [1.54, 1.807) is 7.11 Å². The summed E-state index contributed by atoms with van der Waals surface area (Å²) in [4.78, 5) is 0. The van der Waals surface area contributed by atoms with Gasteiger partial charge < -0.3 is 10.5 Å². The summed E-state index contributed by atoms with van der Waals surface area (Å²) in [6.45, 7) is 1.95. The maximum Gasteiger partial charge on any atom is 0.133 e. The number of ether oxygens (including phenoxy) is 1. The summed E-state index contributed by atoms with van der Waals surface area (Å²) in [7, 11) is 1.61. The lowest BCUT2D eigenvalue weighted by Gasteiger charge is -2.15. The summed E-state index contributed by atoms with van der Waals surface area (Å²) in [6, 6.07) is 17.8. The number of rotatable bonds is 3. The van der Waals surface area contributed by atoms with Gasteiger partial charge in [-0.25, -0.2) is 0 Å². The highest BCUT2D eigenvalue weighted by Crippen LogP contribution is 2.31. The van der Waals surface area contributed by atoms with Gasteiger partial charge in [0.05, 0.1) is 18.4 Å². The van der Waals surface area contributed by atoms with Crippen LogP contribution in [0.1, 0.15) is 16.7 Å². The van der Waals surface area contributed by atoms with Crippen molar-refractivity contribution in [1.29, 1.82) is 5.41 Å². The van der Waals surface area contributed by atoms with Crippen LogP contribution in [-0.2, 0) is 0 Å². The fourth-order valence-electron chi connectivity index (χ4n) is 2.71. The summed E-state index contributed by atoms with van der Waals surface area (Å²) < 4.78 is 5.47. The van der Waals surface area contributed by atoms with Crippen molar-refractivity contribution in [2.75, 3.05) is 12.8 Å². The summed E-state index contributed by atoms with van der Waals surface area (Å²) in [6.07, 6.45) is 0. The van der Waals surface area contributed by atoms with Gasteiger partial charge in [-0.05, 0) is 35.4 Å². The molecule has 0 radical (unpaired) electrons. The van der Waals surface area contributed by atoms with Crippen LogP contribution in [0.2, 0.25) is 0 Å². The Balaban J connectivity index is 2.15. The second kappa shape index (κ2) is 5.53. The molecule has 0 aliphatic heterocycles. The zero-order chi connectivity index (χ0) is 15.7. The highest BCUT2D eigenvalue weighted by molar-refractivity contribution is 6.16. The molecular formula is C19H18N2O. The number of methoxy groups -OCH3 is 1. The Bertz CT molecular complexity index is 868. The molecule has 0 saturated carbocycles. The standard InChI is InChI=1S/C19H18N2O/c1-12-7-10-16(20)17(19(12)22-2)18(21)15-9-8-13-5-3-4-6-14(13)11-15/h3-11,21H,20H2,1-2H3. The van der Waals surface area contributed by atoms with Crippen molar-refractivity contribution >= 4 is 22.2 Å². The molecular weight excluding hydrogens is 272 g/mol. The second-order valence-corrected chi connectivity index (χ2v) is 5.32. The van der Waals surface area contributed by atoms with Crippen molar-refractivity contribution in [3.8, 4) is 5.75 Å². The molecule has 3 heteroatoms. The van der Waals surface area contributed by atoms with Crippen LogP contribution in [-0.4, -0.2) is 12.8 Å². The van der Waals surface area contributed by atoms with E-state index >= 15 is 0 Å². The van der Waals surface area contributed by atoms with Crippen molar-refractivity contribution in [1.82, 2.24) is 0 Å². The van der Waals surface area contributed by atoms with Crippen LogP contribution in [0.5, 0.6) is 5.75 Å². The molecule has 3 rings (SSSR count). The fourth-order valence-corrected chi connectivity index (χ4v) is 2.71. The quantitative estimate of drug-likeness (QED) is 0.562. The van der Waals surface area contributed by atoms with E-state index in [0.29, 0.717) is 22.7 Å². The molecule has 0 aliphatic rings. The average Bonchev–Trinajstić information content (AvgIpc) is 2.55. The second-order valence-electron chi connectivity index (χ2n) is 5.32. The molecule has 22 heavy (non-hydrogen) atoms. The van der Waals surface area contributed by atoms with E-state index in [9.17, 15) is 0 Å². The Labute approximate surface area is 129 Å². The molecule has 0 aliphatic carbocycles. The third-order valence-electron chi connectivity index (χ3n) is 3.88. The Morgan fingerprint density at radius 2 is 1.73 bits per heavy atom. The van der Waals surface area contributed by atoms with Gasteiger partial charge in [0, 0.05) is 11.3 Å². The molecule has 0 fully saturated rings. The van der Waals surface area contributed by atoms with Gasteiger partial charge in [0.2, 0.25) is 0 Å². The van der Waals surface area contributed by atoms with E-state index in [-0.39, 0.29) is 0 Å². The lowest BCUT2D eigenvalue weighted by atomic mass is 9.96. The molecule has 0 saturated heterocycles. The van der Waals surface area contributed by atoms with Crippen LogP contribution in [0.4, 0.5) is 5.69 Å². The van der Waals surface area contributed by atoms with Crippen molar-refractivity contribution < 1.29 is 4.74 Å². The highest BCUT2D eigenvalue weighted by Gasteiger charge is 2.16. The van der Waals surface area contributed by atoms with Gasteiger partial charge in [0.15, 0.2) is 0 Å². The number of nitrogen functional groups attached to an aromatic ring is 1. The first-order chi connectivity index (χ1) is 10.6. The molecule has 110 valence electrons. The Kier molecular flexibility index (Phi) is 3.55. The van der Waals surface area contributed by atoms with E-state index in [2.05, 4.69) is 6.07 Å². The zero-order valence-electron chi connectivity index (χ0n) is 12.7. The third kappa shape index (κ3) is 2.31. The zero-order valence-corrected chi connectivity index (χ0v) is 12.7. The van der Waals surface area contributed by atoms with Crippen LogP contribution in [0.25, 0.3) is 10.8 Å². The third-order valence-corrected chi connectivity index (χ3v) is 3.88. The molecule has 3 aromatic carbocycles. The summed E-state index contributed by atoms with van der Waals surface area (Å²) in [5.74, 6) is 0.665. The van der Waals surface area contributed by atoms with E-state index in [0.717, 1.165) is 21.9 Å². The van der Waals surface area contributed by atoms with Crippen molar-refractivity contribution in [2.45, 2.75) is 6.92 Å². The lowest BCUT2D eigenvalue weighted by Crippen LogP contribution is -2.09. The predicted molar refractivity (Wildman–Crippen MR) is 92.0 cm³/mol. The molecule has 0 heterocycles. The van der Waals surface area contributed by atoms with Crippen LogP contribution in [0.3, 0.4) is 0 Å². The topological polar surface area (TPSA) is 59.1 Å². The molecule has 0 aromatic heterocycles. The van der Waals surface area contributed by atoms with E-state index < -0.39 is 0 Å². The summed E-state index contributed by atoms with van der Waals surface area (Å²) >= 11 is 0. The first kappa shape index (κ1) is 14.1. The summed E-state index contributed by atoms with van der Waals surface area (Å²) in [5.41, 5.74) is 9.48. The van der Waals surface area contributed by atoms with Gasteiger partial charge in [-0.2, -0.15) is 0 Å². The van der Waals surface area contributed by atoms with Gasteiger partial charge >= 0.3 is 0 Å². The number of nitrogens with one attached hydrogen (secondary N) is 1. The lowest BCUT2D eigenvalue weighted by molar-refractivity contribution is 0.411. The van der Waals surface area contributed by atoms with Crippen LogP contribution in [0.15, 0.2) is 54.6 Å². The van der Waals surface area contributed by atoms with E-state index in [4.69, 9.17) is 15.9 Å². The molecule has 3 N–H and O–H groups in total. The normalized spacial score (nSPS) is 10.6. The fraction of sp³-hybridized carbons (Fsp3) is 0.105. The molecule has 0 amide bonds.